The zero-order valence-corrected chi connectivity index (χ0v) is 3.13. The average Bonchev–Trinajstić information content (AvgIpc) is 1.95. The van der Waals surface area contributed by atoms with Crippen LogP contribution >= 0.6 is 0 Å². The number of hydrazine groups is 1. The minimum Gasteiger partial charge on any atom is -0.329 e. The van der Waals surface area contributed by atoms with E-state index in [9.17, 15) is 0 Å². The van der Waals surface area contributed by atoms with Crippen LogP contribution in [0.2, 0.25) is 2.82 Å². The molecule has 1 heterocycles. The third kappa shape index (κ3) is 0.723. The van der Waals surface area contributed by atoms with Gasteiger partial charge in [-0.05, 0) is 6.40 Å². The Labute approximate surface area is 44.3 Å². The van der Waals surface area contributed by atoms with Gasteiger partial charge in [-0.25, -0.2) is 5.42 Å². The lowest BCUT2D eigenvalue weighted by molar-refractivity contribution is 0.605. The Morgan fingerprint density at radius 3 is 3.83 bits per heavy atom. The molecule has 6 heavy (non-hydrogen) atoms. The molecule has 1 atom stereocenters. The first-order valence-electron chi connectivity index (χ1n) is 4.11. The van der Waals surface area contributed by atoms with E-state index in [2.05, 4.69) is 0 Å². The van der Waals surface area contributed by atoms with Gasteiger partial charge in [0.1, 0.15) is 1.41 Å². The molecule has 2 heteroatoms. The molecule has 0 spiro atoms. The second kappa shape index (κ2) is 1.82. The topological polar surface area (TPSA) is 24.1 Å². The summed E-state index contributed by atoms with van der Waals surface area (Å²) >= 11 is 0. The van der Waals surface area contributed by atoms with Crippen molar-refractivity contribution in [3.05, 3.63) is 12.3 Å². The van der Waals surface area contributed by atoms with E-state index in [-0.39, 0.29) is 0 Å². The van der Waals surface area contributed by atoms with Crippen LogP contribution in [0.1, 0.15) is 10.5 Å². The van der Waals surface area contributed by atoms with Gasteiger partial charge in [0, 0.05) is 16.8 Å². The largest absolute Gasteiger partial charge is 0.329 e. The predicted molar refractivity (Wildman–Crippen MR) is 24.9 cm³/mol. The Bertz CT molecular complexity index is 181. The maximum Gasteiger partial charge on any atom is 0.181 e. The Hall–Kier alpha value is -0.500. The van der Waals surface area contributed by atoms with Crippen LogP contribution < -0.4 is 10.8 Å². The summed E-state index contributed by atoms with van der Waals surface area (Å²) < 4.78 is 35.5. The standard InChI is InChI=1S/C4H8N2/c1-2-4-6-5-3-1/h1,3,5-6H,2,4H2/i2D,4D2/hD2. The van der Waals surface area contributed by atoms with Crippen LogP contribution in [0.4, 0.5) is 0 Å². The molecule has 1 aliphatic rings. The fraction of sp³-hybridized carbons (Fsp3) is 0.500. The maximum absolute atomic E-state index is 7.17. The van der Waals surface area contributed by atoms with Crippen molar-refractivity contribution in [2.75, 3.05) is 6.50 Å². The molecule has 2 nitrogen and oxygen atoms in total. The lowest BCUT2D eigenvalue weighted by Gasteiger charge is -2.04. The van der Waals surface area contributed by atoms with Crippen LogP contribution in [0.25, 0.3) is 0 Å². The molecule has 2 N–H and O–H groups in total. The molecule has 0 saturated carbocycles. The van der Waals surface area contributed by atoms with E-state index in [4.69, 9.17) is 6.94 Å². The summed E-state index contributed by atoms with van der Waals surface area (Å²) in [6.07, 6.45) is 1.30. The Balaban J connectivity index is 2.88. The Morgan fingerprint density at radius 2 is 3.00 bits per heavy atom. The summed E-state index contributed by atoms with van der Waals surface area (Å²) in [6.45, 7) is -2.11. The van der Waals surface area contributed by atoms with Crippen LogP contribution in [0, 0.1) is 0 Å². The third-order valence-corrected chi connectivity index (χ3v) is 0.439. The summed E-state index contributed by atoms with van der Waals surface area (Å²) in [5.41, 5.74) is 0.871. The monoisotopic (exact) mass is 89.1 g/mol. The number of hydrogen-bond donors (Lipinski definition) is 2. The molecule has 0 aromatic rings. The van der Waals surface area contributed by atoms with Gasteiger partial charge in [0.05, 0.1) is 0 Å². The molecule has 0 aromatic carbocycles. The molecular weight excluding hydrogens is 76.1 g/mol. The minimum absolute atomic E-state index is 0.324. The normalized spacial score (nSPS) is 57.7. The van der Waals surface area contributed by atoms with Gasteiger partial charge in [0.25, 0.3) is 0 Å². The van der Waals surface area contributed by atoms with Crippen LogP contribution in [0.5, 0.6) is 0 Å². The van der Waals surface area contributed by atoms with Crippen molar-refractivity contribution in [2.45, 2.75) is 6.40 Å². The molecule has 1 aliphatic heterocycles. The maximum atomic E-state index is 7.17. The van der Waals surface area contributed by atoms with E-state index >= 15 is 0 Å². The van der Waals surface area contributed by atoms with Gasteiger partial charge in [0.2, 0.25) is 0 Å². The zero-order chi connectivity index (χ0) is 8.65. The second-order valence-corrected chi connectivity index (χ2v) is 0.853. The highest BCUT2D eigenvalue weighted by atomic mass is 15.3. The zero-order valence-electron chi connectivity index (χ0n) is 8.13. The quantitative estimate of drug-likeness (QED) is 0.436. The molecule has 0 amide bonds. The van der Waals surface area contributed by atoms with Gasteiger partial charge in [-0.3, -0.25) is 0 Å². The van der Waals surface area contributed by atoms with E-state index in [0.29, 0.717) is 10.8 Å². The Morgan fingerprint density at radius 1 is 2.00 bits per heavy atom. The van der Waals surface area contributed by atoms with Crippen LogP contribution in [0.3, 0.4) is 0 Å². The van der Waals surface area contributed by atoms with Crippen molar-refractivity contribution >= 4 is 0 Å². The fourth-order valence-electron chi connectivity index (χ4n) is 0.225. The summed E-state index contributed by atoms with van der Waals surface area (Å²) in [7, 11) is 0. The van der Waals surface area contributed by atoms with Gasteiger partial charge >= 0.3 is 0 Å². The average molecular weight is 89.2 g/mol. The van der Waals surface area contributed by atoms with Crippen molar-refractivity contribution in [2.24, 2.45) is 0 Å². The molecule has 0 saturated heterocycles. The van der Waals surface area contributed by atoms with Crippen LogP contribution in [-0.4, -0.2) is 6.50 Å². The molecule has 0 radical (unpaired) electrons. The van der Waals surface area contributed by atoms with Crippen molar-refractivity contribution in [1.29, 1.82) is 0 Å². The van der Waals surface area contributed by atoms with Crippen molar-refractivity contribution in [3.63, 3.8) is 0 Å². The summed E-state index contributed by atoms with van der Waals surface area (Å²) in [5, 5.41) is 0. The first-order chi connectivity index (χ1) is 4.96. The fourth-order valence-corrected chi connectivity index (χ4v) is 0.225. The highest BCUT2D eigenvalue weighted by molar-refractivity contribution is 4.82. The molecule has 0 aliphatic carbocycles. The predicted octanol–water partition coefficient (Wildman–Crippen LogP) is -0.00200. The minimum atomic E-state index is -2.11. The molecular formula is C4H8N2. The molecule has 34 valence electrons. The Kier molecular flexibility index (Phi) is 0.307. The van der Waals surface area contributed by atoms with Crippen molar-refractivity contribution < 1.29 is 6.94 Å². The lowest BCUT2D eigenvalue weighted by atomic mass is 10.4. The second-order valence-electron chi connectivity index (χ2n) is 0.853. The number of hydrogen-bond acceptors (Lipinski definition) is 2. The molecule has 0 aromatic heterocycles. The van der Waals surface area contributed by atoms with Gasteiger partial charge in [-0.15, -0.1) is 0 Å². The smallest absolute Gasteiger partial charge is 0.181 e. The van der Waals surface area contributed by atoms with E-state index in [1.807, 2.05) is 0 Å². The molecule has 0 bridgehead atoms. The first-order valence-corrected chi connectivity index (χ1v) is 1.64. The molecule has 1 rings (SSSR count). The first kappa shape index (κ1) is 1.01. The van der Waals surface area contributed by atoms with E-state index in [1.54, 1.807) is 0 Å². The molecule has 0 fully saturated rings. The van der Waals surface area contributed by atoms with Crippen LogP contribution in [0.15, 0.2) is 12.3 Å². The van der Waals surface area contributed by atoms with Crippen molar-refractivity contribution in [3.8, 4) is 0 Å². The van der Waals surface area contributed by atoms with Crippen LogP contribution in [-0.2, 0) is 0 Å². The highest BCUT2D eigenvalue weighted by Crippen LogP contribution is 1.79. The third-order valence-electron chi connectivity index (χ3n) is 0.439. The van der Waals surface area contributed by atoms with Gasteiger partial charge in [-0.2, -0.15) is 0 Å². The summed E-state index contributed by atoms with van der Waals surface area (Å²) in [4.78, 5) is 0. The van der Waals surface area contributed by atoms with E-state index in [1.165, 1.54) is 12.3 Å². The van der Waals surface area contributed by atoms with Crippen molar-refractivity contribution in [1.82, 2.24) is 10.8 Å². The number of rotatable bonds is 0. The van der Waals surface area contributed by atoms with Gasteiger partial charge in [0.15, 0.2) is 1.41 Å². The highest BCUT2D eigenvalue weighted by Gasteiger charge is 1.82. The lowest BCUT2D eigenvalue weighted by Crippen LogP contribution is -2.30. The SMILES string of the molecule is [2H]C1C=CN([2H])N([2H])C1([2H])[2H]. The van der Waals surface area contributed by atoms with E-state index < -0.39 is 12.9 Å². The number of nitrogens with one attached hydrogen (secondary N) is 2. The van der Waals surface area contributed by atoms with Gasteiger partial charge < -0.3 is 5.42 Å². The van der Waals surface area contributed by atoms with E-state index in [0.717, 1.165) is 0 Å². The summed E-state index contributed by atoms with van der Waals surface area (Å²) in [6, 6.07) is 0. The summed E-state index contributed by atoms with van der Waals surface area (Å²) in [5.74, 6) is 0. The molecule has 1 unspecified atom stereocenters. The van der Waals surface area contributed by atoms with Gasteiger partial charge in [-0.1, -0.05) is 6.08 Å².